The fourth-order valence-electron chi connectivity index (χ4n) is 2.94. The zero-order valence-corrected chi connectivity index (χ0v) is 14.7. The second kappa shape index (κ2) is 6.92. The molecule has 6 nitrogen and oxygen atoms in total. The van der Waals surface area contributed by atoms with Gasteiger partial charge in [-0.2, -0.15) is 0 Å². The molecule has 0 spiro atoms. The second-order valence-electron chi connectivity index (χ2n) is 6.20. The third-order valence-corrected chi connectivity index (χ3v) is 4.31. The van der Waals surface area contributed by atoms with Crippen LogP contribution in [0, 0.1) is 6.92 Å². The van der Waals surface area contributed by atoms with Gasteiger partial charge in [0.2, 0.25) is 0 Å². The second-order valence-corrected chi connectivity index (χ2v) is 6.20. The van der Waals surface area contributed by atoms with Gasteiger partial charge in [-0.3, -0.25) is 4.79 Å². The van der Waals surface area contributed by atoms with Crippen LogP contribution in [0.15, 0.2) is 71.8 Å². The van der Waals surface area contributed by atoms with Crippen LogP contribution >= 0.6 is 0 Å². The smallest absolute Gasteiger partial charge is 0.338 e. The van der Waals surface area contributed by atoms with Gasteiger partial charge in [-0.1, -0.05) is 18.2 Å². The first-order valence-corrected chi connectivity index (χ1v) is 8.51. The zero-order valence-electron chi connectivity index (χ0n) is 14.7. The van der Waals surface area contributed by atoms with Gasteiger partial charge in [0, 0.05) is 18.1 Å². The number of carbonyl (C=O) groups is 1. The van der Waals surface area contributed by atoms with Gasteiger partial charge in [-0.15, -0.1) is 0 Å². The number of aromatic amines is 1. The summed E-state index contributed by atoms with van der Waals surface area (Å²) in [6, 6.07) is 16.4. The monoisotopic (exact) mass is 359 g/mol. The Labute approximate surface area is 155 Å². The SMILES string of the molecule is Cc1cccc2c(=O)[nH]c(COC(=O)c3cccc(-n4cccc4)c3)nc12. The lowest BCUT2D eigenvalue weighted by Gasteiger charge is -2.08. The van der Waals surface area contributed by atoms with Crippen LogP contribution in [0.4, 0.5) is 0 Å². The number of hydrogen-bond acceptors (Lipinski definition) is 4. The van der Waals surface area contributed by atoms with E-state index < -0.39 is 5.97 Å². The first-order valence-electron chi connectivity index (χ1n) is 8.51. The molecular weight excluding hydrogens is 342 g/mol. The van der Waals surface area contributed by atoms with Gasteiger partial charge < -0.3 is 14.3 Å². The summed E-state index contributed by atoms with van der Waals surface area (Å²) in [7, 11) is 0. The number of nitrogens with one attached hydrogen (secondary N) is 1. The largest absolute Gasteiger partial charge is 0.454 e. The summed E-state index contributed by atoms with van der Waals surface area (Å²) < 4.78 is 7.25. The molecule has 0 bridgehead atoms. The van der Waals surface area contributed by atoms with Crippen molar-refractivity contribution in [3.8, 4) is 5.69 Å². The van der Waals surface area contributed by atoms with Crippen LogP contribution in [0.25, 0.3) is 16.6 Å². The molecule has 0 fully saturated rings. The summed E-state index contributed by atoms with van der Waals surface area (Å²) in [4.78, 5) is 31.7. The first kappa shape index (κ1) is 16.8. The van der Waals surface area contributed by atoms with Crippen LogP contribution < -0.4 is 5.56 Å². The number of fused-ring (bicyclic) bond motifs is 1. The number of para-hydroxylation sites is 1. The highest BCUT2D eigenvalue weighted by molar-refractivity contribution is 5.90. The molecule has 4 rings (SSSR count). The van der Waals surface area contributed by atoms with Crippen molar-refractivity contribution in [2.75, 3.05) is 0 Å². The molecule has 2 heterocycles. The van der Waals surface area contributed by atoms with E-state index in [4.69, 9.17) is 4.74 Å². The molecule has 0 atom stereocenters. The van der Waals surface area contributed by atoms with E-state index >= 15 is 0 Å². The van der Waals surface area contributed by atoms with Gasteiger partial charge in [0.25, 0.3) is 5.56 Å². The van der Waals surface area contributed by atoms with Crippen molar-refractivity contribution in [1.82, 2.24) is 14.5 Å². The lowest BCUT2D eigenvalue weighted by Crippen LogP contribution is -2.15. The molecule has 0 radical (unpaired) electrons. The highest BCUT2D eigenvalue weighted by atomic mass is 16.5. The van der Waals surface area contributed by atoms with Crippen molar-refractivity contribution in [3.63, 3.8) is 0 Å². The van der Waals surface area contributed by atoms with Crippen molar-refractivity contribution >= 4 is 16.9 Å². The van der Waals surface area contributed by atoms with E-state index in [0.717, 1.165) is 11.3 Å². The van der Waals surface area contributed by atoms with Crippen LogP contribution in [0.1, 0.15) is 21.7 Å². The van der Waals surface area contributed by atoms with Gasteiger partial charge in [-0.25, -0.2) is 9.78 Å². The third-order valence-electron chi connectivity index (χ3n) is 4.31. The molecule has 27 heavy (non-hydrogen) atoms. The average Bonchev–Trinajstić information content (AvgIpc) is 3.22. The molecule has 0 unspecified atom stereocenters. The molecule has 0 aliphatic rings. The highest BCUT2D eigenvalue weighted by Crippen LogP contribution is 2.14. The Bertz CT molecular complexity index is 1180. The van der Waals surface area contributed by atoms with E-state index in [1.165, 1.54) is 0 Å². The fourth-order valence-corrected chi connectivity index (χ4v) is 2.94. The maximum atomic E-state index is 12.4. The Morgan fingerprint density at radius 1 is 1.11 bits per heavy atom. The predicted molar refractivity (Wildman–Crippen MR) is 102 cm³/mol. The summed E-state index contributed by atoms with van der Waals surface area (Å²) in [5, 5.41) is 0.518. The minimum Gasteiger partial charge on any atom is -0.454 e. The quantitative estimate of drug-likeness (QED) is 0.567. The summed E-state index contributed by atoms with van der Waals surface area (Å²) in [6.45, 7) is 1.78. The molecule has 134 valence electrons. The van der Waals surface area contributed by atoms with E-state index in [2.05, 4.69) is 9.97 Å². The van der Waals surface area contributed by atoms with Crippen molar-refractivity contribution in [2.45, 2.75) is 13.5 Å². The van der Waals surface area contributed by atoms with E-state index in [0.29, 0.717) is 22.3 Å². The number of carbonyl (C=O) groups excluding carboxylic acids is 1. The lowest BCUT2D eigenvalue weighted by atomic mass is 10.1. The number of hydrogen-bond donors (Lipinski definition) is 1. The summed E-state index contributed by atoms with van der Waals surface area (Å²) in [5.41, 5.74) is 2.56. The number of benzene rings is 2. The molecule has 0 aliphatic heterocycles. The molecular formula is C21H17N3O3. The first-order chi connectivity index (χ1) is 13.1. The molecule has 6 heteroatoms. The van der Waals surface area contributed by atoms with Crippen molar-refractivity contribution in [2.24, 2.45) is 0 Å². The van der Waals surface area contributed by atoms with Gasteiger partial charge >= 0.3 is 5.97 Å². The fraction of sp³-hybridized carbons (Fsp3) is 0.0952. The zero-order chi connectivity index (χ0) is 18.8. The van der Waals surface area contributed by atoms with Gasteiger partial charge in [-0.05, 0) is 48.9 Å². The van der Waals surface area contributed by atoms with E-state index in [1.807, 2.05) is 54.2 Å². The summed E-state index contributed by atoms with van der Waals surface area (Å²) >= 11 is 0. The van der Waals surface area contributed by atoms with Crippen LogP contribution in [-0.2, 0) is 11.3 Å². The molecule has 2 aromatic carbocycles. The molecule has 2 aromatic heterocycles. The molecule has 0 saturated heterocycles. The van der Waals surface area contributed by atoms with Crippen LogP contribution in [0.2, 0.25) is 0 Å². The Hall–Kier alpha value is -3.67. The maximum absolute atomic E-state index is 12.4. The maximum Gasteiger partial charge on any atom is 0.338 e. The number of rotatable bonds is 4. The molecule has 0 amide bonds. The van der Waals surface area contributed by atoms with Crippen LogP contribution in [-0.4, -0.2) is 20.5 Å². The number of aryl methyl sites for hydroxylation is 1. The van der Waals surface area contributed by atoms with E-state index in [1.54, 1.807) is 24.3 Å². The molecule has 0 saturated carbocycles. The lowest BCUT2D eigenvalue weighted by molar-refractivity contribution is 0.0462. The van der Waals surface area contributed by atoms with Crippen LogP contribution in [0.5, 0.6) is 0 Å². The van der Waals surface area contributed by atoms with Gasteiger partial charge in [0.05, 0.1) is 16.5 Å². The molecule has 0 aliphatic carbocycles. The molecule has 1 N–H and O–H groups in total. The minimum absolute atomic E-state index is 0.105. The number of aromatic nitrogens is 3. The standard InChI is InChI=1S/C21H17N3O3/c1-14-6-4-9-17-19(14)22-18(23-20(17)25)13-27-21(26)15-7-5-8-16(12-15)24-10-2-3-11-24/h2-12H,13H2,1H3,(H,22,23,25). The summed E-state index contributed by atoms with van der Waals surface area (Å²) in [6.07, 6.45) is 3.80. The van der Waals surface area contributed by atoms with Crippen molar-refractivity contribution in [3.05, 3.63) is 94.3 Å². The highest BCUT2D eigenvalue weighted by Gasteiger charge is 2.11. The van der Waals surface area contributed by atoms with Crippen molar-refractivity contribution in [1.29, 1.82) is 0 Å². The number of esters is 1. The minimum atomic E-state index is -0.475. The topological polar surface area (TPSA) is 77.0 Å². The van der Waals surface area contributed by atoms with Crippen LogP contribution in [0.3, 0.4) is 0 Å². The van der Waals surface area contributed by atoms with Gasteiger partial charge in [0.1, 0.15) is 12.4 Å². The number of H-pyrrole nitrogens is 1. The van der Waals surface area contributed by atoms with Gasteiger partial charge in [0.15, 0.2) is 0 Å². The molecule has 4 aromatic rings. The average molecular weight is 359 g/mol. The van der Waals surface area contributed by atoms with Crippen molar-refractivity contribution < 1.29 is 9.53 Å². The Morgan fingerprint density at radius 2 is 1.89 bits per heavy atom. The number of ether oxygens (including phenoxy) is 1. The Kier molecular flexibility index (Phi) is 4.30. The van der Waals surface area contributed by atoms with E-state index in [9.17, 15) is 9.59 Å². The third kappa shape index (κ3) is 3.37. The normalized spacial score (nSPS) is 10.9. The van der Waals surface area contributed by atoms with E-state index in [-0.39, 0.29) is 12.2 Å². The predicted octanol–water partition coefficient (Wildman–Crippen LogP) is 3.38. The number of nitrogens with zero attached hydrogens (tertiary/aromatic N) is 2. The Balaban J connectivity index is 1.55. The summed E-state index contributed by atoms with van der Waals surface area (Å²) in [5.74, 6) is -0.159. The Morgan fingerprint density at radius 3 is 2.70 bits per heavy atom.